The third kappa shape index (κ3) is 3.29. The van der Waals surface area contributed by atoms with E-state index in [1.807, 2.05) is 24.3 Å². The Morgan fingerprint density at radius 1 is 1.10 bits per heavy atom. The molecule has 160 valence electrons. The van der Waals surface area contributed by atoms with E-state index in [0.717, 1.165) is 49.7 Å². The third-order valence-electron chi connectivity index (χ3n) is 7.60. The number of piperidine rings is 1. The molecule has 5 rings (SSSR count). The number of benzene rings is 2. The van der Waals surface area contributed by atoms with Gasteiger partial charge in [-0.25, -0.2) is 0 Å². The summed E-state index contributed by atoms with van der Waals surface area (Å²) in [6.45, 7) is 1.13. The van der Waals surface area contributed by atoms with Gasteiger partial charge in [-0.05, 0) is 68.1 Å². The lowest BCUT2D eigenvalue weighted by atomic mass is 9.52. The number of aliphatic hydroxyl groups is 1. The quantitative estimate of drug-likeness (QED) is 0.655. The molecule has 0 amide bonds. The molecule has 0 unspecified atom stereocenters. The first-order valence-corrected chi connectivity index (χ1v) is 11.2. The number of hydrogen-bond donors (Lipinski definition) is 3. The van der Waals surface area contributed by atoms with Crippen molar-refractivity contribution in [3.05, 3.63) is 59.2 Å². The van der Waals surface area contributed by atoms with Crippen LogP contribution in [0.3, 0.4) is 0 Å². The number of fused-ring (bicyclic) bond motifs is 1. The van der Waals surface area contributed by atoms with Gasteiger partial charge in [0.1, 0.15) is 0 Å². The average Bonchev–Trinajstić information content (AvgIpc) is 2.75. The van der Waals surface area contributed by atoms with Crippen molar-refractivity contribution in [2.45, 2.75) is 62.5 Å². The minimum atomic E-state index is -0.341. The minimum Gasteiger partial charge on any atom is -0.504 e. The van der Waals surface area contributed by atoms with E-state index < -0.39 is 0 Å². The SMILES string of the molecule is Oc1ccc2c(c1OCCCc1ccccc1)[C@]13CCN(O)[C@H](C2)[C@@H]1CC[C@H](O)C3. The van der Waals surface area contributed by atoms with E-state index in [1.54, 1.807) is 6.07 Å². The minimum absolute atomic E-state index is 0.0780. The molecule has 2 aliphatic carbocycles. The van der Waals surface area contributed by atoms with E-state index in [-0.39, 0.29) is 29.2 Å². The Balaban J connectivity index is 1.44. The zero-order valence-electron chi connectivity index (χ0n) is 17.3. The van der Waals surface area contributed by atoms with Crippen LogP contribution in [0.5, 0.6) is 11.5 Å². The molecule has 2 aromatic carbocycles. The van der Waals surface area contributed by atoms with Crippen LogP contribution >= 0.6 is 0 Å². The third-order valence-corrected chi connectivity index (χ3v) is 7.60. The molecular weight excluding hydrogens is 378 g/mol. The molecule has 2 aromatic rings. The van der Waals surface area contributed by atoms with Crippen LogP contribution in [-0.2, 0) is 18.3 Å². The Hall–Kier alpha value is -2.08. The van der Waals surface area contributed by atoms with Crippen molar-refractivity contribution in [2.75, 3.05) is 13.2 Å². The number of aryl methyl sites for hydroxylation is 1. The molecule has 3 N–H and O–H groups in total. The number of hydrogen-bond acceptors (Lipinski definition) is 5. The number of nitrogens with zero attached hydrogens (tertiary/aromatic N) is 1. The van der Waals surface area contributed by atoms with Crippen molar-refractivity contribution >= 4 is 0 Å². The van der Waals surface area contributed by atoms with Crippen molar-refractivity contribution in [2.24, 2.45) is 5.92 Å². The number of phenols is 1. The summed E-state index contributed by atoms with van der Waals surface area (Å²) < 4.78 is 6.25. The highest BCUT2D eigenvalue weighted by Crippen LogP contribution is 2.59. The molecular formula is C25H31NO4. The fourth-order valence-corrected chi connectivity index (χ4v) is 6.31. The molecule has 5 nitrogen and oxygen atoms in total. The van der Waals surface area contributed by atoms with Crippen LogP contribution in [0, 0.1) is 5.92 Å². The fraction of sp³-hybridized carbons (Fsp3) is 0.520. The number of aliphatic hydroxyl groups excluding tert-OH is 1. The smallest absolute Gasteiger partial charge is 0.164 e. The highest BCUT2D eigenvalue weighted by molar-refractivity contribution is 5.56. The Labute approximate surface area is 177 Å². The van der Waals surface area contributed by atoms with Gasteiger partial charge in [0.2, 0.25) is 0 Å². The number of phenolic OH excluding ortho intramolecular Hbond substituents is 1. The van der Waals surface area contributed by atoms with Crippen LogP contribution < -0.4 is 4.74 Å². The predicted octanol–water partition coefficient (Wildman–Crippen LogP) is 3.82. The van der Waals surface area contributed by atoms with Gasteiger partial charge in [0, 0.05) is 23.6 Å². The zero-order valence-corrected chi connectivity index (χ0v) is 17.3. The van der Waals surface area contributed by atoms with Gasteiger partial charge in [-0.1, -0.05) is 36.4 Å². The summed E-state index contributed by atoms with van der Waals surface area (Å²) in [5.41, 5.74) is 3.28. The molecule has 0 radical (unpaired) electrons. The van der Waals surface area contributed by atoms with Crippen molar-refractivity contribution in [1.29, 1.82) is 0 Å². The number of rotatable bonds is 5. The van der Waals surface area contributed by atoms with Crippen molar-refractivity contribution < 1.29 is 20.2 Å². The molecule has 3 aliphatic rings. The second-order valence-electron chi connectivity index (χ2n) is 9.27. The van der Waals surface area contributed by atoms with Gasteiger partial charge in [0.25, 0.3) is 0 Å². The normalized spacial score (nSPS) is 30.4. The maximum absolute atomic E-state index is 10.7. The molecule has 2 fully saturated rings. The monoisotopic (exact) mass is 409 g/mol. The van der Waals surface area contributed by atoms with Crippen molar-refractivity contribution in [1.82, 2.24) is 5.06 Å². The summed E-state index contributed by atoms with van der Waals surface area (Å²) in [6.07, 6.45) is 5.35. The van der Waals surface area contributed by atoms with Gasteiger partial charge >= 0.3 is 0 Å². The lowest BCUT2D eigenvalue weighted by Crippen LogP contribution is -2.61. The zero-order chi connectivity index (χ0) is 20.7. The van der Waals surface area contributed by atoms with Gasteiger partial charge in [-0.2, -0.15) is 5.06 Å². The number of ether oxygens (including phenoxy) is 1. The molecule has 1 saturated heterocycles. The number of hydroxylamine groups is 2. The van der Waals surface area contributed by atoms with Crippen LogP contribution in [-0.4, -0.2) is 45.8 Å². The highest BCUT2D eigenvalue weighted by Gasteiger charge is 2.57. The van der Waals surface area contributed by atoms with E-state index >= 15 is 0 Å². The molecule has 4 atom stereocenters. The Morgan fingerprint density at radius 3 is 2.77 bits per heavy atom. The molecule has 30 heavy (non-hydrogen) atoms. The van der Waals surface area contributed by atoms with E-state index in [4.69, 9.17) is 4.74 Å². The summed E-state index contributed by atoms with van der Waals surface area (Å²) >= 11 is 0. The van der Waals surface area contributed by atoms with Gasteiger partial charge in [0.15, 0.2) is 11.5 Å². The Bertz CT molecular complexity index is 902. The van der Waals surface area contributed by atoms with Crippen LogP contribution in [0.1, 0.15) is 48.8 Å². The van der Waals surface area contributed by atoms with E-state index in [1.165, 1.54) is 10.6 Å². The molecule has 0 aromatic heterocycles. The first-order valence-electron chi connectivity index (χ1n) is 11.2. The summed E-state index contributed by atoms with van der Waals surface area (Å²) in [5.74, 6) is 1.07. The average molecular weight is 410 g/mol. The van der Waals surface area contributed by atoms with Crippen LogP contribution in [0.25, 0.3) is 0 Å². The Kier molecular flexibility index (Phi) is 5.21. The Morgan fingerprint density at radius 2 is 1.93 bits per heavy atom. The van der Waals surface area contributed by atoms with Crippen LogP contribution in [0.4, 0.5) is 0 Å². The van der Waals surface area contributed by atoms with Gasteiger partial charge in [0.05, 0.1) is 12.7 Å². The molecule has 1 heterocycles. The first-order chi connectivity index (χ1) is 14.6. The molecule has 1 aliphatic heterocycles. The van der Waals surface area contributed by atoms with Gasteiger partial charge < -0.3 is 20.2 Å². The standard InChI is InChI=1S/C25H31NO4/c27-19-9-10-20-21-15-18-8-11-22(28)24(23(18)25(20,16-19)12-13-26(21)29)30-14-4-7-17-5-2-1-3-6-17/h1-3,5-6,8,11,19-21,27-29H,4,7,9-10,12-16H2/t19-,20-,21+,25-/m0/s1. The van der Waals surface area contributed by atoms with Gasteiger partial charge in [-0.15, -0.1) is 0 Å². The lowest BCUT2D eigenvalue weighted by molar-refractivity contribution is -0.192. The van der Waals surface area contributed by atoms with Crippen LogP contribution in [0.2, 0.25) is 0 Å². The summed E-state index contributed by atoms with van der Waals surface area (Å²) in [4.78, 5) is 0. The van der Waals surface area contributed by atoms with E-state index in [2.05, 4.69) is 12.1 Å². The molecule has 5 heteroatoms. The van der Waals surface area contributed by atoms with Crippen molar-refractivity contribution in [3.8, 4) is 11.5 Å². The highest BCUT2D eigenvalue weighted by atomic mass is 16.5. The maximum atomic E-state index is 10.7. The summed E-state index contributed by atoms with van der Waals surface area (Å²) in [5, 5.41) is 33.4. The first kappa shape index (κ1) is 19.9. The molecule has 2 bridgehead atoms. The second-order valence-corrected chi connectivity index (χ2v) is 9.27. The van der Waals surface area contributed by atoms with Gasteiger partial charge in [-0.3, -0.25) is 0 Å². The maximum Gasteiger partial charge on any atom is 0.164 e. The second kappa shape index (κ2) is 7.88. The fourth-order valence-electron chi connectivity index (χ4n) is 6.31. The topological polar surface area (TPSA) is 73.2 Å². The van der Waals surface area contributed by atoms with Crippen LogP contribution in [0.15, 0.2) is 42.5 Å². The van der Waals surface area contributed by atoms with Crippen molar-refractivity contribution in [3.63, 3.8) is 0 Å². The van der Waals surface area contributed by atoms with E-state index in [0.29, 0.717) is 25.3 Å². The van der Waals surface area contributed by atoms with E-state index in [9.17, 15) is 15.4 Å². The molecule has 1 saturated carbocycles. The number of aromatic hydroxyl groups is 1. The molecule has 0 spiro atoms. The predicted molar refractivity (Wildman–Crippen MR) is 114 cm³/mol. The summed E-state index contributed by atoms with van der Waals surface area (Å²) in [6, 6.07) is 14.1. The summed E-state index contributed by atoms with van der Waals surface area (Å²) in [7, 11) is 0. The lowest BCUT2D eigenvalue weighted by Gasteiger charge is -2.58. The largest absolute Gasteiger partial charge is 0.504 e.